The molecule has 2 aromatic rings. The first-order chi connectivity index (χ1) is 14.9. The van der Waals surface area contributed by atoms with E-state index < -0.39 is 6.10 Å². The van der Waals surface area contributed by atoms with Crippen LogP contribution in [0.4, 0.5) is 10.8 Å². The Morgan fingerprint density at radius 1 is 1.29 bits per heavy atom. The second-order valence-corrected chi connectivity index (χ2v) is 9.94. The van der Waals surface area contributed by atoms with Gasteiger partial charge in [0.05, 0.1) is 11.4 Å². The summed E-state index contributed by atoms with van der Waals surface area (Å²) in [5.41, 5.74) is 2.36. The van der Waals surface area contributed by atoms with Gasteiger partial charge < -0.3 is 15.4 Å². The number of hydrogen-bond acceptors (Lipinski definition) is 5. The minimum atomic E-state index is -0.497. The first-order valence-corrected chi connectivity index (χ1v) is 12.2. The number of aromatic nitrogens is 1. The fraction of sp³-hybridized carbons (Fsp3) is 0.542. The highest BCUT2D eigenvalue weighted by molar-refractivity contribution is 7.16. The monoisotopic (exact) mass is 441 g/mol. The van der Waals surface area contributed by atoms with Crippen LogP contribution in [0, 0.1) is 18.8 Å². The number of anilines is 2. The first-order valence-electron chi connectivity index (χ1n) is 11.3. The number of fused-ring (bicyclic) bond motifs is 1. The van der Waals surface area contributed by atoms with E-state index in [0.29, 0.717) is 16.6 Å². The Hall–Kier alpha value is -2.41. The van der Waals surface area contributed by atoms with Crippen molar-refractivity contribution in [2.24, 2.45) is 11.8 Å². The van der Waals surface area contributed by atoms with E-state index in [9.17, 15) is 9.59 Å². The van der Waals surface area contributed by atoms with Gasteiger partial charge in [-0.3, -0.25) is 9.59 Å². The van der Waals surface area contributed by atoms with Crippen molar-refractivity contribution in [3.63, 3.8) is 0 Å². The summed E-state index contributed by atoms with van der Waals surface area (Å²) in [4.78, 5) is 30.4. The summed E-state index contributed by atoms with van der Waals surface area (Å²) in [6, 6.07) is 5.67. The summed E-state index contributed by atoms with van der Waals surface area (Å²) >= 11 is 1.49. The van der Waals surface area contributed by atoms with Crippen LogP contribution in [0.25, 0.3) is 11.3 Å². The molecule has 0 radical (unpaired) electrons. The van der Waals surface area contributed by atoms with Crippen LogP contribution in [0.5, 0.6) is 5.75 Å². The van der Waals surface area contributed by atoms with Crippen molar-refractivity contribution in [3.8, 4) is 17.0 Å². The lowest BCUT2D eigenvalue weighted by Gasteiger charge is -2.27. The Labute approximate surface area is 187 Å². The summed E-state index contributed by atoms with van der Waals surface area (Å²) in [7, 11) is 0. The van der Waals surface area contributed by atoms with Crippen molar-refractivity contribution < 1.29 is 14.3 Å². The van der Waals surface area contributed by atoms with Crippen LogP contribution < -0.4 is 15.4 Å². The number of rotatable bonds is 6. The highest BCUT2D eigenvalue weighted by Crippen LogP contribution is 2.38. The molecule has 2 amide bonds. The van der Waals surface area contributed by atoms with Crippen molar-refractivity contribution in [2.75, 3.05) is 10.6 Å². The van der Waals surface area contributed by atoms with Gasteiger partial charge in [-0.1, -0.05) is 26.2 Å². The molecule has 1 aliphatic heterocycles. The quantitative estimate of drug-likeness (QED) is 0.596. The average molecular weight is 442 g/mol. The summed E-state index contributed by atoms with van der Waals surface area (Å²) in [5.74, 6) is 1.47. The van der Waals surface area contributed by atoms with Crippen molar-refractivity contribution in [1.82, 2.24) is 4.98 Å². The summed E-state index contributed by atoms with van der Waals surface area (Å²) < 4.78 is 5.63. The van der Waals surface area contributed by atoms with E-state index in [1.54, 1.807) is 6.92 Å². The topological polar surface area (TPSA) is 80.3 Å². The molecule has 0 saturated heterocycles. The third-order valence-corrected chi connectivity index (χ3v) is 7.28. The number of carbonyl (C=O) groups excluding carboxylic acids is 2. The fourth-order valence-corrected chi connectivity index (χ4v) is 5.33. The zero-order valence-corrected chi connectivity index (χ0v) is 19.3. The molecule has 31 heavy (non-hydrogen) atoms. The van der Waals surface area contributed by atoms with E-state index >= 15 is 0 Å². The van der Waals surface area contributed by atoms with Crippen LogP contribution in [0.15, 0.2) is 18.2 Å². The van der Waals surface area contributed by atoms with Crippen LogP contribution in [0.3, 0.4) is 0 Å². The smallest absolute Gasteiger partial charge is 0.265 e. The second-order valence-electron chi connectivity index (χ2n) is 8.73. The highest BCUT2D eigenvalue weighted by Gasteiger charge is 2.27. The number of carbonyl (C=O) groups is 2. The normalized spacial score (nSPS) is 22.9. The molecule has 2 aliphatic rings. The molecular formula is C24H31N3O3S. The van der Waals surface area contributed by atoms with Gasteiger partial charge >= 0.3 is 0 Å². The summed E-state index contributed by atoms with van der Waals surface area (Å²) in [6.45, 7) is 5.96. The first kappa shape index (κ1) is 21.8. The molecule has 4 rings (SSSR count). The Morgan fingerprint density at radius 2 is 2.06 bits per heavy atom. The van der Waals surface area contributed by atoms with Gasteiger partial charge in [-0.05, 0) is 63.6 Å². The second kappa shape index (κ2) is 9.39. The van der Waals surface area contributed by atoms with Crippen LogP contribution in [-0.4, -0.2) is 22.9 Å². The van der Waals surface area contributed by atoms with Gasteiger partial charge in [0.15, 0.2) is 11.2 Å². The Morgan fingerprint density at radius 3 is 2.81 bits per heavy atom. The van der Waals surface area contributed by atoms with E-state index in [4.69, 9.17) is 4.74 Å². The lowest BCUT2D eigenvalue weighted by molar-refractivity contribution is -0.123. The molecule has 0 unspecified atom stereocenters. The molecule has 0 bridgehead atoms. The SMILES string of the molecule is CCCCC1CCC(C(=O)Nc2nc(-c3ccc4c(c3)NC(=O)[C@H](C)O4)c(C)s2)CC1. The summed E-state index contributed by atoms with van der Waals surface area (Å²) in [6.07, 6.45) is 7.59. The Bertz CT molecular complexity index is 963. The van der Waals surface area contributed by atoms with Crippen LogP contribution >= 0.6 is 11.3 Å². The zero-order chi connectivity index (χ0) is 22.0. The largest absolute Gasteiger partial charge is 0.479 e. The predicted molar refractivity (Wildman–Crippen MR) is 125 cm³/mol. The molecule has 1 fully saturated rings. The maximum absolute atomic E-state index is 12.8. The number of benzene rings is 1. The van der Waals surface area contributed by atoms with Gasteiger partial charge in [-0.2, -0.15) is 0 Å². The maximum Gasteiger partial charge on any atom is 0.265 e. The molecule has 1 aliphatic carbocycles. The number of nitrogens with one attached hydrogen (secondary N) is 2. The fourth-order valence-electron chi connectivity index (χ4n) is 4.49. The molecule has 1 aromatic heterocycles. The van der Waals surface area contributed by atoms with Gasteiger partial charge in [0.1, 0.15) is 5.75 Å². The highest BCUT2D eigenvalue weighted by atomic mass is 32.1. The van der Waals surface area contributed by atoms with Gasteiger partial charge in [0.2, 0.25) is 5.91 Å². The third kappa shape index (κ3) is 4.92. The molecule has 1 aromatic carbocycles. The van der Waals surface area contributed by atoms with Gasteiger partial charge in [-0.15, -0.1) is 11.3 Å². The van der Waals surface area contributed by atoms with Crippen LogP contribution in [0.2, 0.25) is 0 Å². The van der Waals surface area contributed by atoms with Crippen molar-refractivity contribution in [3.05, 3.63) is 23.1 Å². The van der Waals surface area contributed by atoms with Gasteiger partial charge in [0.25, 0.3) is 5.91 Å². The summed E-state index contributed by atoms with van der Waals surface area (Å²) in [5, 5.41) is 6.57. The molecular weight excluding hydrogens is 410 g/mol. The molecule has 166 valence electrons. The lowest BCUT2D eigenvalue weighted by Crippen LogP contribution is -2.34. The standard InChI is InChI=1S/C24H31N3O3S/c1-4-5-6-16-7-9-17(10-8-16)23(29)27-24-26-21(15(3)31-24)18-11-12-20-19(13-18)25-22(28)14(2)30-20/h11-14,16-17H,4-10H2,1-3H3,(H,25,28)(H,26,27,29)/t14-,16?,17?/m0/s1. The van der Waals surface area contributed by atoms with Gasteiger partial charge in [-0.25, -0.2) is 4.98 Å². The van der Waals surface area contributed by atoms with E-state index in [2.05, 4.69) is 22.5 Å². The number of aryl methyl sites for hydroxylation is 1. The van der Waals surface area contributed by atoms with Crippen molar-refractivity contribution >= 4 is 34.0 Å². The van der Waals surface area contributed by atoms with E-state index in [0.717, 1.165) is 47.7 Å². The average Bonchev–Trinajstić information content (AvgIpc) is 3.13. The molecule has 1 saturated carbocycles. The number of nitrogens with zero attached hydrogens (tertiary/aromatic N) is 1. The minimum absolute atomic E-state index is 0.0867. The Kier molecular flexibility index (Phi) is 6.60. The zero-order valence-electron chi connectivity index (χ0n) is 18.5. The van der Waals surface area contributed by atoms with Crippen molar-refractivity contribution in [1.29, 1.82) is 0 Å². The molecule has 7 heteroatoms. The van der Waals surface area contributed by atoms with Gasteiger partial charge in [0, 0.05) is 16.4 Å². The number of amides is 2. The number of ether oxygens (including phenoxy) is 1. The van der Waals surface area contributed by atoms with Crippen LogP contribution in [-0.2, 0) is 9.59 Å². The maximum atomic E-state index is 12.8. The molecule has 6 nitrogen and oxygen atoms in total. The number of hydrogen-bond donors (Lipinski definition) is 2. The molecule has 0 spiro atoms. The number of thiazole rings is 1. The minimum Gasteiger partial charge on any atom is -0.479 e. The molecule has 2 heterocycles. The van der Waals surface area contributed by atoms with E-state index in [1.807, 2.05) is 25.1 Å². The Balaban J connectivity index is 1.41. The molecule has 1 atom stereocenters. The van der Waals surface area contributed by atoms with E-state index in [-0.39, 0.29) is 17.7 Å². The van der Waals surface area contributed by atoms with Crippen LogP contribution in [0.1, 0.15) is 63.7 Å². The lowest BCUT2D eigenvalue weighted by atomic mass is 9.79. The van der Waals surface area contributed by atoms with E-state index in [1.165, 1.54) is 30.6 Å². The van der Waals surface area contributed by atoms with Crippen molar-refractivity contribution in [2.45, 2.75) is 71.8 Å². The molecule has 2 N–H and O–H groups in total. The predicted octanol–water partition coefficient (Wildman–Crippen LogP) is 5.77. The third-order valence-electron chi connectivity index (χ3n) is 6.39. The number of unbranched alkanes of at least 4 members (excludes halogenated alkanes) is 1.